The molecule has 1 saturated heterocycles. The molecule has 0 bridgehead atoms. The van der Waals surface area contributed by atoms with Crippen LogP contribution in [0.4, 0.5) is 0 Å². The van der Waals surface area contributed by atoms with E-state index in [1.165, 1.54) is 11.1 Å². The normalized spacial score (nSPS) is 15.1. The Morgan fingerprint density at radius 3 is 2.42 bits per heavy atom. The summed E-state index contributed by atoms with van der Waals surface area (Å²) < 4.78 is 0. The Balaban J connectivity index is 1.21. The Morgan fingerprint density at radius 2 is 1.68 bits per heavy atom. The lowest BCUT2D eigenvalue weighted by Gasteiger charge is -2.32. The third-order valence-electron chi connectivity index (χ3n) is 5.65. The maximum Gasteiger partial charge on any atom is 0.226 e. The van der Waals surface area contributed by atoms with Gasteiger partial charge in [0.15, 0.2) is 0 Å². The monoisotopic (exact) mass is 434 g/mol. The van der Waals surface area contributed by atoms with Crippen molar-refractivity contribution in [3.05, 3.63) is 87.4 Å². The molecule has 1 fully saturated rings. The molecular weight excluding hydrogens is 404 g/mol. The van der Waals surface area contributed by atoms with Crippen molar-refractivity contribution in [2.75, 3.05) is 33.2 Å². The molecule has 0 saturated carbocycles. The van der Waals surface area contributed by atoms with E-state index in [-0.39, 0.29) is 5.91 Å². The average molecular weight is 435 g/mol. The highest BCUT2D eigenvalue weighted by Crippen LogP contribution is 2.15. The fraction of sp³-hybridized carbons (Fsp3) is 0.360. The summed E-state index contributed by atoms with van der Waals surface area (Å²) in [6.45, 7) is 6.06. The van der Waals surface area contributed by atoms with E-state index < -0.39 is 0 Å². The number of thiazole rings is 1. The fourth-order valence-corrected chi connectivity index (χ4v) is 4.56. The summed E-state index contributed by atoms with van der Waals surface area (Å²) in [5.41, 5.74) is 4.53. The molecule has 2 aromatic carbocycles. The molecule has 0 spiro atoms. The minimum Gasteiger partial charge on any atom is -0.352 e. The molecular formula is C25H30N4OS. The second-order valence-electron chi connectivity index (χ2n) is 8.24. The Labute approximate surface area is 188 Å². The van der Waals surface area contributed by atoms with Crippen molar-refractivity contribution in [3.8, 4) is 0 Å². The SMILES string of the molecule is CN1CCN(Cc2ccc(CNC(=O)Cc3csc(Cc4ccccc4)n3)cc2)CC1. The van der Waals surface area contributed by atoms with Crippen molar-refractivity contribution in [2.24, 2.45) is 0 Å². The van der Waals surface area contributed by atoms with E-state index in [0.29, 0.717) is 13.0 Å². The second kappa shape index (κ2) is 10.7. The van der Waals surface area contributed by atoms with Crippen LogP contribution in [0, 0.1) is 0 Å². The number of hydrogen-bond acceptors (Lipinski definition) is 5. The second-order valence-corrected chi connectivity index (χ2v) is 9.19. The number of likely N-dealkylation sites (N-methyl/N-ethyl adjacent to an activating group) is 1. The molecule has 2 heterocycles. The number of benzene rings is 2. The van der Waals surface area contributed by atoms with Crippen LogP contribution in [0.1, 0.15) is 27.4 Å². The van der Waals surface area contributed by atoms with Gasteiger partial charge in [-0.2, -0.15) is 0 Å². The number of carbonyl (C=O) groups is 1. The number of amides is 1. The third-order valence-corrected chi connectivity index (χ3v) is 6.55. The number of rotatable bonds is 8. The molecule has 6 heteroatoms. The van der Waals surface area contributed by atoms with Crippen molar-refractivity contribution >= 4 is 17.2 Å². The largest absolute Gasteiger partial charge is 0.352 e. The first-order valence-corrected chi connectivity index (χ1v) is 11.7. The maximum atomic E-state index is 12.4. The molecule has 162 valence electrons. The molecule has 5 nitrogen and oxygen atoms in total. The van der Waals surface area contributed by atoms with E-state index in [0.717, 1.165) is 55.4 Å². The van der Waals surface area contributed by atoms with Crippen LogP contribution in [0.15, 0.2) is 60.0 Å². The van der Waals surface area contributed by atoms with Crippen LogP contribution in [-0.4, -0.2) is 53.9 Å². The number of nitrogens with one attached hydrogen (secondary N) is 1. The zero-order valence-electron chi connectivity index (χ0n) is 18.1. The van der Waals surface area contributed by atoms with Crippen molar-refractivity contribution in [1.29, 1.82) is 0 Å². The molecule has 1 aliphatic rings. The summed E-state index contributed by atoms with van der Waals surface area (Å²) in [5, 5.41) is 6.06. The highest BCUT2D eigenvalue weighted by atomic mass is 32.1. The molecule has 0 unspecified atom stereocenters. The van der Waals surface area contributed by atoms with Crippen LogP contribution < -0.4 is 5.32 Å². The minimum atomic E-state index is 0.0121. The first-order chi connectivity index (χ1) is 15.1. The van der Waals surface area contributed by atoms with E-state index in [4.69, 9.17) is 0 Å². The predicted molar refractivity (Wildman–Crippen MR) is 126 cm³/mol. The van der Waals surface area contributed by atoms with Gasteiger partial charge in [0.25, 0.3) is 0 Å². The van der Waals surface area contributed by atoms with Crippen LogP contribution in [-0.2, 0) is 30.7 Å². The Hall–Kier alpha value is -2.54. The molecule has 1 amide bonds. The van der Waals surface area contributed by atoms with Crippen LogP contribution in [0.25, 0.3) is 0 Å². The fourth-order valence-electron chi connectivity index (χ4n) is 3.74. The summed E-state index contributed by atoms with van der Waals surface area (Å²) in [6, 6.07) is 18.9. The molecule has 0 radical (unpaired) electrons. The summed E-state index contributed by atoms with van der Waals surface area (Å²) in [6.07, 6.45) is 1.14. The van der Waals surface area contributed by atoms with Gasteiger partial charge in [0.2, 0.25) is 5.91 Å². The molecule has 0 atom stereocenters. The molecule has 3 aromatic rings. The molecule has 4 rings (SSSR count). The maximum absolute atomic E-state index is 12.4. The Kier molecular flexibility index (Phi) is 7.46. The van der Waals surface area contributed by atoms with Gasteiger partial charge in [-0.15, -0.1) is 11.3 Å². The quantitative estimate of drug-likeness (QED) is 0.591. The number of nitrogens with zero attached hydrogens (tertiary/aromatic N) is 3. The first kappa shape index (κ1) is 21.7. The van der Waals surface area contributed by atoms with Gasteiger partial charge in [0, 0.05) is 51.1 Å². The first-order valence-electron chi connectivity index (χ1n) is 10.9. The summed E-state index contributed by atoms with van der Waals surface area (Å²) in [5.74, 6) is 0.0121. The lowest BCUT2D eigenvalue weighted by atomic mass is 10.1. The van der Waals surface area contributed by atoms with E-state index in [1.54, 1.807) is 11.3 Å². The zero-order chi connectivity index (χ0) is 21.5. The third kappa shape index (κ3) is 6.72. The Morgan fingerprint density at radius 1 is 0.968 bits per heavy atom. The highest BCUT2D eigenvalue weighted by Gasteiger charge is 2.14. The van der Waals surface area contributed by atoms with Gasteiger partial charge in [-0.3, -0.25) is 9.69 Å². The number of aromatic nitrogens is 1. The summed E-state index contributed by atoms with van der Waals surface area (Å²) >= 11 is 1.62. The topological polar surface area (TPSA) is 48.5 Å². The highest BCUT2D eigenvalue weighted by molar-refractivity contribution is 7.09. The van der Waals surface area contributed by atoms with Gasteiger partial charge in [-0.05, 0) is 23.7 Å². The van der Waals surface area contributed by atoms with E-state index in [2.05, 4.69) is 63.5 Å². The minimum absolute atomic E-state index is 0.0121. The van der Waals surface area contributed by atoms with Gasteiger partial charge in [0.05, 0.1) is 17.1 Å². The Bertz CT molecular complexity index is 963. The predicted octanol–water partition coefficient (Wildman–Crippen LogP) is 3.34. The zero-order valence-corrected chi connectivity index (χ0v) is 18.9. The van der Waals surface area contributed by atoms with Gasteiger partial charge in [-0.25, -0.2) is 4.98 Å². The standard InChI is InChI=1S/C25H30N4OS/c1-28-11-13-29(14-12-28)18-22-9-7-21(8-10-22)17-26-24(30)16-23-19-31-25(27-23)15-20-5-3-2-4-6-20/h2-10,19H,11-18H2,1H3,(H,26,30). The van der Waals surface area contributed by atoms with Crippen LogP contribution in [0.5, 0.6) is 0 Å². The smallest absolute Gasteiger partial charge is 0.226 e. The molecule has 1 aliphatic heterocycles. The lowest BCUT2D eigenvalue weighted by Crippen LogP contribution is -2.43. The average Bonchev–Trinajstić information content (AvgIpc) is 3.22. The van der Waals surface area contributed by atoms with Crippen molar-refractivity contribution in [1.82, 2.24) is 20.1 Å². The van der Waals surface area contributed by atoms with Gasteiger partial charge < -0.3 is 10.2 Å². The number of piperazine rings is 1. The van der Waals surface area contributed by atoms with E-state index >= 15 is 0 Å². The van der Waals surface area contributed by atoms with Crippen LogP contribution in [0.3, 0.4) is 0 Å². The van der Waals surface area contributed by atoms with E-state index in [9.17, 15) is 4.79 Å². The summed E-state index contributed by atoms with van der Waals surface area (Å²) in [7, 11) is 2.18. The molecule has 31 heavy (non-hydrogen) atoms. The van der Waals surface area contributed by atoms with Gasteiger partial charge >= 0.3 is 0 Å². The van der Waals surface area contributed by atoms with Gasteiger partial charge in [-0.1, -0.05) is 54.6 Å². The van der Waals surface area contributed by atoms with Crippen LogP contribution >= 0.6 is 11.3 Å². The lowest BCUT2D eigenvalue weighted by molar-refractivity contribution is -0.120. The van der Waals surface area contributed by atoms with Gasteiger partial charge in [0.1, 0.15) is 0 Å². The van der Waals surface area contributed by atoms with Crippen molar-refractivity contribution in [2.45, 2.75) is 25.9 Å². The van der Waals surface area contributed by atoms with Crippen LogP contribution in [0.2, 0.25) is 0 Å². The van der Waals surface area contributed by atoms with E-state index in [1.807, 2.05) is 23.6 Å². The number of carbonyl (C=O) groups excluding carboxylic acids is 1. The van der Waals surface area contributed by atoms with Crippen molar-refractivity contribution < 1.29 is 4.79 Å². The molecule has 0 aliphatic carbocycles. The van der Waals surface area contributed by atoms with Crippen molar-refractivity contribution in [3.63, 3.8) is 0 Å². The summed E-state index contributed by atoms with van der Waals surface area (Å²) in [4.78, 5) is 21.8. The number of hydrogen-bond donors (Lipinski definition) is 1. The molecule has 1 N–H and O–H groups in total. The molecule has 1 aromatic heterocycles.